The number of aliphatic hydroxyl groups is 1. The second kappa shape index (κ2) is 11.0. The monoisotopic (exact) mass is 303 g/mol. The first-order chi connectivity index (χ1) is 9.96. The van der Waals surface area contributed by atoms with E-state index in [0.29, 0.717) is 38.6 Å². The van der Waals surface area contributed by atoms with E-state index in [1.807, 2.05) is 6.92 Å². The fraction of sp³-hybridized carbons (Fsp3) is 0.769. The fourth-order valence-electron chi connectivity index (χ4n) is 1.71. The molecule has 0 aliphatic heterocycles. The summed E-state index contributed by atoms with van der Waals surface area (Å²) < 4.78 is 0. The first-order valence-corrected chi connectivity index (χ1v) is 7.09. The second-order valence-corrected chi connectivity index (χ2v) is 4.74. The van der Waals surface area contributed by atoms with Crippen LogP contribution in [0, 0.1) is 0 Å². The van der Waals surface area contributed by atoms with Gasteiger partial charge in [0.1, 0.15) is 12.1 Å². The molecule has 21 heavy (non-hydrogen) atoms. The Hall–Kier alpha value is -1.67. The van der Waals surface area contributed by atoms with Crippen LogP contribution in [0.4, 0.5) is 0 Å². The van der Waals surface area contributed by atoms with Gasteiger partial charge < -0.3 is 26.6 Å². The molecule has 0 aromatic carbocycles. The van der Waals surface area contributed by atoms with Gasteiger partial charge >= 0.3 is 5.97 Å². The molecular formula is C13H25N3O5. The molecule has 0 fully saturated rings. The van der Waals surface area contributed by atoms with E-state index in [1.54, 1.807) is 0 Å². The molecule has 0 aromatic rings. The first kappa shape index (κ1) is 19.3. The van der Waals surface area contributed by atoms with Gasteiger partial charge in [-0.1, -0.05) is 6.92 Å². The third kappa shape index (κ3) is 8.26. The molecule has 6 N–H and O–H groups in total. The minimum Gasteiger partial charge on any atom is -0.480 e. The Balaban J connectivity index is 4.63. The number of nitrogens with one attached hydrogen (secondary N) is 2. The number of hydrogen-bond acceptors (Lipinski definition) is 5. The third-order valence-corrected chi connectivity index (χ3v) is 2.87. The van der Waals surface area contributed by atoms with Crippen molar-refractivity contribution in [2.24, 2.45) is 5.73 Å². The van der Waals surface area contributed by atoms with E-state index in [1.165, 1.54) is 0 Å². The third-order valence-electron chi connectivity index (χ3n) is 2.87. The van der Waals surface area contributed by atoms with Crippen molar-refractivity contribution in [3.8, 4) is 0 Å². The van der Waals surface area contributed by atoms with Crippen LogP contribution in [0.2, 0.25) is 0 Å². The van der Waals surface area contributed by atoms with Gasteiger partial charge in [0, 0.05) is 6.42 Å². The molecule has 8 nitrogen and oxygen atoms in total. The maximum absolute atomic E-state index is 12.0. The Morgan fingerprint density at radius 3 is 2.29 bits per heavy atom. The molecule has 122 valence electrons. The number of amides is 2. The molecule has 2 amide bonds. The maximum atomic E-state index is 12.0. The van der Waals surface area contributed by atoms with Crippen molar-refractivity contribution >= 4 is 17.8 Å². The number of unbranched alkanes of at least 4 members (excludes halogenated alkanes) is 1. The highest BCUT2D eigenvalue weighted by Crippen LogP contribution is 2.03. The van der Waals surface area contributed by atoms with Gasteiger partial charge in [-0.15, -0.1) is 0 Å². The lowest BCUT2D eigenvalue weighted by Gasteiger charge is -2.20. The zero-order valence-electron chi connectivity index (χ0n) is 12.3. The van der Waals surface area contributed by atoms with Crippen molar-refractivity contribution in [2.75, 3.05) is 13.2 Å². The second-order valence-electron chi connectivity index (χ2n) is 4.74. The summed E-state index contributed by atoms with van der Waals surface area (Å²) in [6.45, 7) is 1.61. The normalized spacial score (nSPS) is 13.3. The van der Waals surface area contributed by atoms with E-state index in [2.05, 4.69) is 10.6 Å². The maximum Gasteiger partial charge on any atom is 0.328 e. The highest BCUT2D eigenvalue weighted by Gasteiger charge is 2.25. The Labute approximate surface area is 124 Å². The molecule has 0 aromatic heterocycles. The lowest BCUT2D eigenvalue weighted by Crippen LogP contribution is -2.52. The molecule has 0 bridgehead atoms. The smallest absolute Gasteiger partial charge is 0.328 e. The molecule has 0 saturated carbocycles. The predicted octanol–water partition coefficient (Wildman–Crippen LogP) is -1.04. The van der Waals surface area contributed by atoms with Crippen molar-refractivity contribution in [1.29, 1.82) is 0 Å². The van der Waals surface area contributed by atoms with Crippen LogP contribution in [0.5, 0.6) is 0 Å². The van der Waals surface area contributed by atoms with Gasteiger partial charge in [0.05, 0.1) is 6.61 Å². The van der Waals surface area contributed by atoms with Crippen molar-refractivity contribution < 1.29 is 24.6 Å². The first-order valence-electron chi connectivity index (χ1n) is 7.09. The van der Waals surface area contributed by atoms with E-state index in [0.717, 1.165) is 0 Å². The molecule has 0 aliphatic carbocycles. The number of carbonyl (C=O) groups is 3. The summed E-state index contributed by atoms with van der Waals surface area (Å²) in [5.74, 6) is -2.20. The molecule has 0 heterocycles. The quantitative estimate of drug-likeness (QED) is 0.309. The van der Waals surface area contributed by atoms with Crippen LogP contribution < -0.4 is 16.4 Å². The minimum absolute atomic E-state index is 0.263. The van der Waals surface area contributed by atoms with Crippen LogP contribution in [-0.2, 0) is 14.4 Å². The number of hydrogen-bond donors (Lipinski definition) is 5. The van der Waals surface area contributed by atoms with Gasteiger partial charge in [0.15, 0.2) is 0 Å². The molecule has 8 heteroatoms. The van der Waals surface area contributed by atoms with Crippen LogP contribution in [0.25, 0.3) is 0 Å². The Kier molecular flexibility index (Phi) is 10.2. The standard InChI is InChI=1S/C13H25N3O5/c1-2-5-11(18)15-9(6-3-4-7-14)12(19)16-10(8-17)13(20)21/h9-10,17H,2-8,14H2,1H3,(H,15,18)(H,16,19)(H,20,21)/t9-,10-/m0/s1. The highest BCUT2D eigenvalue weighted by atomic mass is 16.4. The molecule has 0 rings (SSSR count). The number of rotatable bonds is 11. The highest BCUT2D eigenvalue weighted by molar-refractivity contribution is 5.90. The number of carbonyl (C=O) groups excluding carboxylic acids is 2. The van der Waals surface area contributed by atoms with Gasteiger partial charge in [-0.2, -0.15) is 0 Å². The van der Waals surface area contributed by atoms with Gasteiger partial charge in [0.25, 0.3) is 0 Å². The summed E-state index contributed by atoms with van der Waals surface area (Å²) >= 11 is 0. The van der Waals surface area contributed by atoms with Crippen LogP contribution in [0.15, 0.2) is 0 Å². The summed E-state index contributed by atoms with van der Waals surface area (Å²) in [4.78, 5) is 34.4. The minimum atomic E-state index is -1.38. The predicted molar refractivity (Wildman–Crippen MR) is 76.4 cm³/mol. The largest absolute Gasteiger partial charge is 0.480 e. The zero-order valence-corrected chi connectivity index (χ0v) is 12.3. The van der Waals surface area contributed by atoms with Gasteiger partial charge in [-0.3, -0.25) is 9.59 Å². The van der Waals surface area contributed by atoms with Crippen molar-refractivity contribution in [3.05, 3.63) is 0 Å². The molecule has 0 radical (unpaired) electrons. The van der Waals surface area contributed by atoms with Crippen LogP contribution in [0.1, 0.15) is 39.0 Å². The summed E-state index contributed by atoms with van der Waals surface area (Å²) in [6.07, 6.45) is 2.66. The Bertz CT molecular complexity index is 349. The van der Waals surface area contributed by atoms with Crippen LogP contribution in [0.3, 0.4) is 0 Å². The number of carboxylic acids is 1. The number of carboxylic acid groups (broad SMARTS) is 1. The number of aliphatic carboxylic acids is 1. The van der Waals surface area contributed by atoms with Crippen LogP contribution >= 0.6 is 0 Å². The fourth-order valence-corrected chi connectivity index (χ4v) is 1.71. The van der Waals surface area contributed by atoms with Gasteiger partial charge in [-0.05, 0) is 32.2 Å². The number of nitrogens with two attached hydrogens (primary N) is 1. The van der Waals surface area contributed by atoms with Crippen molar-refractivity contribution in [2.45, 2.75) is 51.1 Å². The van der Waals surface area contributed by atoms with Crippen molar-refractivity contribution in [1.82, 2.24) is 10.6 Å². The van der Waals surface area contributed by atoms with E-state index < -0.39 is 30.6 Å². The van der Waals surface area contributed by atoms with E-state index in [9.17, 15) is 14.4 Å². The summed E-state index contributed by atoms with van der Waals surface area (Å²) in [6, 6.07) is -2.19. The summed E-state index contributed by atoms with van der Waals surface area (Å²) in [7, 11) is 0. The molecule has 0 unspecified atom stereocenters. The Morgan fingerprint density at radius 1 is 1.14 bits per heavy atom. The van der Waals surface area contributed by atoms with E-state index in [4.69, 9.17) is 15.9 Å². The topological polar surface area (TPSA) is 142 Å². The summed E-state index contributed by atoms with van der Waals surface area (Å²) in [5, 5.41) is 22.5. The van der Waals surface area contributed by atoms with Crippen molar-refractivity contribution in [3.63, 3.8) is 0 Å². The van der Waals surface area contributed by atoms with Gasteiger partial charge in [0.2, 0.25) is 11.8 Å². The molecular weight excluding hydrogens is 278 g/mol. The van der Waals surface area contributed by atoms with Gasteiger partial charge in [-0.25, -0.2) is 4.79 Å². The molecule has 0 saturated heterocycles. The van der Waals surface area contributed by atoms with Crippen LogP contribution in [-0.4, -0.2) is 53.2 Å². The Morgan fingerprint density at radius 2 is 1.81 bits per heavy atom. The zero-order chi connectivity index (χ0) is 16.3. The SMILES string of the molecule is CCCC(=O)N[C@@H](CCCCN)C(=O)N[C@@H](CO)C(=O)O. The summed E-state index contributed by atoms with van der Waals surface area (Å²) in [5.41, 5.74) is 5.38. The average molecular weight is 303 g/mol. The van der Waals surface area contributed by atoms with E-state index >= 15 is 0 Å². The number of aliphatic hydroxyl groups excluding tert-OH is 1. The molecule has 0 aliphatic rings. The lowest BCUT2D eigenvalue weighted by atomic mass is 10.1. The van der Waals surface area contributed by atoms with E-state index in [-0.39, 0.29) is 5.91 Å². The molecule has 0 spiro atoms. The lowest BCUT2D eigenvalue weighted by molar-refractivity contribution is -0.143. The average Bonchev–Trinajstić information content (AvgIpc) is 2.43. The molecule has 2 atom stereocenters.